The van der Waals surface area contributed by atoms with Crippen molar-refractivity contribution in [1.29, 1.82) is 0 Å². The van der Waals surface area contributed by atoms with Crippen LogP contribution in [0.5, 0.6) is 0 Å². The predicted octanol–water partition coefficient (Wildman–Crippen LogP) is -0.310. The summed E-state index contributed by atoms with van der Waals surface area (Å²) in [4.78, 5) is 5.18. The van der Waals surface area contributed by atoms with Gasteiger partial charge in [0, 0.05) is 19.3 Å². The normalized spacial score (nSPS) is 21.2. The summed E-state index contributed by atoms with van der Waals surface area (Å²) in [7, 11) is 2.03. The summed E-state index contributed by atoms with van der Waals surface area (Å²) in [6, 6.07) is 3.89. The summed E-state index contributed by atoms with van der Waals surface area (Å²) in [6.45, 7) is 1.96. The van der Waals surface area contributed by atoms with Gasteiger partial charge in [0.2, 0.25) is 5.84 Å². The van der Waals surface area contributed by atoms with Gasteiger partial charge < -0.3 is 0 Å². The molecule has 4 nitrogen and oxygen atoms in total. The van der Waals surface area contributed by atoms with Crippen molar-refractivity contribution in [2.24, 2.45) is 10.2 Å². The molecule has 2 heterocycles. The lowest BCUT2D eigenvalue weighted by molar-refractivity contribution is -0.671. The van der Waals surface area contributed by atoms with Crippen molar-refractivity contribution in [3.05, 3.63) is 30.1 Å². The molecule has 4 heteroatoms. The van der Waals surface area contributed by atoms with Crippen molar-refractivity contribution in [2.45, 2.75) is 6.92 Å². The van der Waals surface area contributed by atoms with Crippen molar-refractivity contribution in [3.63, 3.8) is 0 Å². The molecule has 0 fully saturated rings. The second kappa shape index (κ2) is 3.06. The van der Waals surface area contributed by atoms with Crippen molar-refractivity contribution < 1.29 is 4.90 Å². The fraction of sp³-hybridized carbons (Fsp3) is 0.222. The molecule has 1 aliphatic heterocycles. The summed E-state index contributed by atoms with van der Waals surface area (Å²) >= 11 is 0. The lowest BCUT2D eigenvalue weighted by Gasteiger charge is -2.06. The maximum absolute atomic E-state index is 4.10. The van der Waals surface area contributed by atoms with Crippen LogP contribution in [0.25, 0.3) is 0 Å². The number of nitrogens with zero attached hydrogens (tertiary/aromatic N) is 3. The number of quaternary nitrogens is 1. The summed E-state index contributed by atoms with van der Waals surface area (Å²) in [5, 5.41) is 8.11. The third-order valence-corrected chi connectivity index (χ3v) is 2.13. The van der Waals surface area contributed by atoms with Gasteiger partial charge in [-0.2, -0.15) is 0 Å². The molecule has 1 atom stereocenters. The number of aromatic nitrogens is 1. The Balaban J connectivity index is 2.32. The monoisotopic (exact) mass is 175 g/mol. The van der Waals surface area contributed by atoms with Gasteiger partial charge in [0.1, 0.15) is 0 Å². The number of amidine groups is 2. The smallest absolute Gasteiger partial charge is 0.260 e. The molecule has 0 bridgehead atoms. The summed E-state index contributed by atoms with van der Waals surface area (Å²) in [5.41, 5.74) is 1.03. The second-order valence-corrected chi connectivity index (χ2v) is 3.00. The number of nitrogens with one attached hydrogen (secondary N) is 1. The van der Waals surface area contributed by atoms with Gasteiger partial charge in [0.25, 0.3) is 5.84 Å². The van der Waals surface area contributed by atoms with E-state index in [1.165, 1.54) is 0 Å². The van der Waals surface area contributed by atoms with Gasteiger partial charge in [-0.1, -0.05) is 10.2 Å². The summed E-state index contributed by atoms with van der Waals surface area (Å²) in [6.07, 6.45) is 3.55. The Morgan fingerprint density at radius 2 is 2.15 bits per heavy atom. The molecule has 1 N–H and O–H groups in total. The minimum atomic E-state index is 0.936. The van der Waals surface area contributed by atoms with E-state index in [1.807, 2.05) is 26.1 Å². The molecule has 1 aromatic rings. The van der Waals surface area contributed by atoms with Gasteiger partial charge >= 0.3 is 0 Å². The Morgan fingerprint density at radius 1 is 1.31 bits per heavy atom. The second-order valence-electron chi connectivity index (χ2n) is 3.00. The van der Waals surface area contributed by atoms with E-state index in [0.29, 0.717) is 0 Å². The molecule has 0 aromatic carbocycles. The van der Waals surface area contributed by atoms with Crippen LogP contribution in [0.2, 0.25) is 0 Å². The van der Waals surface area contributed by atoms with E-state index < -0.39 is 0 Å². The SMILES string of the molecule is CC1=NN=C(c2cccnc2)[NH+]1C. The van der Waals surface area contributed by atoms with Gasteiger partial charge in [0.05, 0.1) is 12.6 Å². The Bertz CT molecular complexity index is 366. The van der Waals surface area contributed by atoms with Crippen LogP contribution in [-0.4, -0.2) is 23.7 Å². The molecule has 2 rings (SSSR count). The lowest BCUT2D eigenvalue weighted by Crippen LogP contribution is -3.12. The van der Waals surface area contributed by atoms with Gasteiger partial charge in [0.15, 0.2) is 0 Å². The van der Waals surface area contributed by atoms with Crippen LogP contribution in [-0.2, 0) is 0 Å². The van der Waals surface area contributed by atoms with E-state index in [9.17, 15) is 0 Å². The molecule has 1 unspecified atom stereocenters. The van der Waals surface area contributed by atoms with Crippen LogP contribution in [0.3, 0.4) is 0 Å². The first-order valence-electron chi connectivity index (χ1n) is 4.16. The molecule has 1 aromatic heterocycles. The van der Waals surface area contributed by atoms with Crippen molar-refractivity contribution in [3.8, 4) is 0 Å². The molecule has 0 amide bonds. The highest BCUT2D eigenvalue weighted by Gasteiger charge is 2.23. The van der Waals surface area contributed by atoms with Crippen molar-refractivity contribution in [1.82, 2.24) is 4.98 Å². The Labute approximate surface area is 76.6 Å². The average molecular weight is 175 g/mol. The standard InChI is InChI=1S/C9H10N4/c1-7-11-12-9(13(7)2)8-4-3-5-10-6-8/h3-6H,1-2H3/p+1. The molecular weight excluding hydrogens is 164 g/mol. The highest BCUT2D eigenvalue weighted by atomic mass is 15.4. The number of rotatable bonds is 1. The zero-order chi connectivity index (χ0) is 9.26. The quantitative estimate of drug-likeness (QED) is 0.625. The predicted molar refractivity (Wildman–Crippen MR) is 50.8 cm³/mol. The Kier molecular flexibility index (Phi) is 1.90. The zero-order valence-corrected chi connectivity index (χ0v) is 7.65. The molecule has 66 valence electrons. The minimum Gasteiger partial charge on any atom is -0.264 e. The first-order chi connectivity index (χ1) is 6.29. The number of hydrogen-bond acceptors (Lipinski definition) is 3. The molecule has 0 saturated heterocycles. The van der Waals surface area contributed by atoms with Crippen LogP contribution in [0.4, 0.5) is 0 Å². The topological polar surface area (TPSA) is 42.0 Å². The maximum atomic E-state index is 4.10. The van der Waals surface area contributed by atoms with Gasteiger partial charge in [-0.05, 0) is 12.1 Å². The largest absolute Gasteiger partial charge is 0.264 e. The van der Waals surface area contributed by atoms with Crippen LogP contribution < -0.4 is 4.90 Å². The molecule has 1 aliphatic rings. The average Bonchev–Trinajstić information content (AvgIpc) is 2.49. The molecular formula is C9H11N4+. The van der Waals surface area contributed by atoms with E-state index in [2.05, 4.69) is 15.2 Å². The van der Waals surface area contributed by atoms with E-state index >= 15 is 0 Å². The van der Waals surface area contributed by atoms with Crippen LogP contribution in [0.15, 0.2) is 34.7 Å². The molecule has 0 aliphatic carbocycles. The van der Waals surface area contributed by atoms with E-state index in [-0.39, 0.29) is 0 Å². The fourth-order valence-electron chi connectivity index (χ4n) is 1.22. The highest BCUT2D eigenvalue weighted by Crippen LogP contribution is 1.97. The molecule has 13 heavy (non-hydrogen) atoms. The van der Waals surface area contributed by atoms with Gasteiger partial charge in [-0.3, -0.25) is 4.98 Å². The van der Waals surface area contributed by atoms with Crippen molar-refractivity contribution >= 4 is 11.7 Å². The minimum absolute atomic E-state index is 0.936. The van der Waals surface area contributed by atoms with Gasteiger partial charge in [-0.25, -0.2) is 4.90 Å². The zero-order valence-electron chi connectivity index (χ0n) is 7.65. The third kappa shape index (κ3) is 1.36. The Morgan fingerprint density at radius 3 is 2.69 bits per heavy atom. The van der Waals surface area contributed by atoms with Crippen LogP contribution in [0, 0.1) is 0 Å². The first-order valence-corrected chi connectivity index (χ1v) is 4.16. The fourth-order valence-corrected chi connectivity index (χ4v) is 1.22. The number of pyridine rings is 1. The van der Waals surface area contributed by atoms with E-state index in [0.717, 1.165) is 22.1 Å². The van der Waals surface area contributed by atoms with Crippen LogP contribution in [0.1, 0.15) is 12.5 Å². The van der Waals surface area contributed by atoms with Crippen LogP contribution >= 0.6 is 0 Å². The number of hydrogen-bond donors (Lipinski definition) is 1. The lowest BCUT2D eigenvalue weighted by atomic mass is 10.2. The van der Waals surface area contributed by atoms with E-state index in [1.54, 1.807) is 12.4 Å². The summed E-state index contributed by atoms with van der Waals surface area (Å²) in [5.74, 6) is 1.92. The summed E-state index contributed by atoms with van der Waals surface area (Å²) < 4.78 is 0. The molecule has 0 spiro atoms. The first kappa shape index (κ1) is 8.07. The van der Waals surface area contributed by atoms with Gasteiger partial charge in [-0.15, -0.1) is 0 Å². The third-order valence-electron chi connectivity index (χ3n) is 2.13. The maximum Gasteiger partial charge on any atom is 0.260 e. The highest BCUT2D eigenvalue weighted by molar-refractivity contribution is 5.99. The molecule has 0 radical (unpaired) electrons. The van der Waals surface area contributed by atoms with Crippen molar-refractivity contribution in [2.75, 3.05) is 7.05 Å². The Hall–Kier alpha value is -1.55. The molecule has 0 saturated carbocycles. The van der Waals surface area contributed by atoms with E-state index in [4.69, 9.17) is 0 Å².